The Labute approximate surface area is 103 Å². The highest BCUT2D eigenvalue weighted by molar-refractivity contribution is 5.82. The number of amides is 1. The zero-order valence-electron chi connectivity index (χ0n) is 9.78. The van der Waals surface area contributed by atoms with E-state index < -0.39 is 11.6 Å². The normalized spacial score (nSPS) is 15.8. The summed E-state index contributed by atoms with van der Waals surface area (Å²) in [6.07, 6.45) is 0. The van der Waals surface area contributed by atoms with Crippen LogP contribution in [0.3, 0.4) is 0 Å². The van der Waals surface area contributed by atoms with Crippen LogP contribution in [0.5, 0.6) is 0 Å². The third kappa shape index (κ3) is 1.99. The van der Waals surface area contributed by atoms with Crippen molar-refractivity contribution in [2.24, 2.45) is 0 Å². The van der Waals surface area contributed by atoms with Crippen molar-refractivity contribution in [3.8, 4) is 6.07 Å². The van der Waals surface area contributed by atoms with Crippen LogP contribution < -0.4 is 4.90 Å². The molecule has 4 nitrogen and oxygen atoms in total. The maximum Gasteiger partial charge on any atom is 0.241 e. The van der Waals surface area contributed by atoms with Gasteiger partial charge in [-0.05, 0) is 12.1 Å². The Kier molecular flexibility index (Phi) is 3.15. The number of rotatable bonds is 1. The summed E-state index contributed by atoms with van der Waals surface area (Å²) in [5, 5.41) is 8.59. The molecule has 6 heteroatoms. The summed E-state index contributed by atoms with van der Waals surface area (Å²) in [5.41, 5.74) is -0.315. The molecule has 1 aliphatic heterocycles. The van der Waals surface area contributed by atoms with Gasteiger partial charge >= 0.3 is 0 Å². The Bertz CT molecular complexity index is 539. The van der Waals surface area contributed by atoms with Crippen LogP contribution in [0.4, 0.5) is 14.5 Å². The molecule has 1 saturated heterocycles. The lowest BCUT2D eigenvalue weighted by molar-refractivity contribution is -0.129. The molecule has 0 N–H and O–H groups in total. The molecule has 1 fully saturated rings. The van der Waals surface area contributed by atoms with E-state index in [0.717, 1.165) is 0 Å². The third-order valence-electron chi connectivity index (χ3n) is 2.98. The van der Waals surface area contributed by atoms with Gasteiger partial charge in [0.2, 0.25) is 5.91 Å². The molecule has 1 aromatic rings. The van der Waals surface area contributed by atoms with Crippen LogP contribution >= 0.6 is 0 Å². The van der Waals surface area contributed by atoms with Gasteiger partial charge in [0.15, 0.2) is 11.6 Å². The fourth-order valence-electron chi connectivity index (χ4n) is 1.83. The van der Waals surface area contributed by atoms with Crippen molar-refractivity contribution in [2.45, 2.75) is 0 Å². The molecular weight excluding hydrogens is 240 g/mol. The smallest absolute Gasteiger partial charge is 0.241 e. The number of halogens is 2. The van der Waals surface area contributed by atoms with Crippen LogP contribution in [-0.4, -0.2) is 37.5 Å². The first-order valence-corrected chi connectivity index (χ1v) is 5.41. The number of nitriles is 1. The van der Waals surface area contributed by atoms with Gasteiger partial charge in [-0.25, -0.2) is 8.78 Å². The monoisotopic (exact) mass is 251 g/mol. The Morgan fingerprint density at radius 1 is 1.28 bits per heavy atom. The molecule has 0 unspecified atom stereocenters. The largest absolute Gasteiger partial charge is 0.358 e. The van der Waals surface area contributed by atoms with E-state index in [4.69, 9.17) is 5.26 Å². The minimum Gasteiger partial charge on any atom is -0.358 e. The number of hydrogen-bond donors (Lipinski definition) is 0. The lowest BCUT2D eigenvalue weighted by Gasteiger charge is -2.33. The molecule has 2 rings (SSSR count). The van der Waals surface area contributed by atoms with Crippen LogP contribution in [0, 0.1) is 23.0 Å². The maximum atomic E-state index is 13.8. The van der Waals surface area contributed by atoms with Gasteiger partial charge in [0.05, 0.1) is 17.8 Å². The van der Waals surface area contributed by atoms with Crippen molar-refractivity contribution in [3.63, 3.8) is 0 Å². The maximum absolute atomic E-state index is 13.8. The molecular formula is C12H11F2N3O. The number of carbonyl (C=O) groups is 1. The quantitative estimate of drug-likeness (QED) is 0.751. The standard InChI is InChI=1S/C12H11F2N3O/c1-16-4-5-17(7-10(16)18)9-3-2-8(6-15)11(13)12(9)14/h2-3H,4-5,7H2,1H3. The molecule has 1 heterocycles. The molecule has 0 aromatic heterocycles. The second-order valence-electron chi connectivity index (χ2n) is 4.11. The molecule has 0 bridgehead atoms. The minimum atomic E-state index is -1.17. The van der Waals surface area contributed by atoms with Crippen LogP contribution in [0.15, 0.2) is 12.1 Å². The predicted octanol–water partition coefficient (Wildman–Crippen LogP) is 1.11. The van der Waals surface area contributed by atoms with Crippen molar-refractivity contribution >= 4 is 11.6 Å². The summed E-state index contributed by atoms with van der Waals surface area (Å²) in [7, 11) is 1.66. The molecule has 0 aliphatic carbocycles. The third-order valence-corrected chi connectivity index (χ3v) is 2.98. The van der Waals surface area contributed by atoms with Gasteiger partial charge in [-0.15, -0.1) is 0 Å². The van der Waals surface area contributed by atoms with Gasteiger partial charge in [-0.2, -0.15) is 5.26 Å². The van der Waals surface area contributed by atoms with E-state index in [1.165, 1.54) is 21.9 Å². The highest BCUT2D eigenvalue weighted by atomic mass is 19.2. The van der Waals surface area contributed by atoms with Crippen molar-refractivity contribution in [3.05, 3.63) is 29.3 Å². The van der Waals surface area contributed by atoms with E-state index in [1.807, 2.05) is 0 Å². The number of nitrogens with zero attached hydrogens (tertiary/aromatic N) is 3. The van der Waals surface area contributed by atoms with Crippen molar-refractivity contribution in [1.29, 1.82) is 5.26 Å². The number of piperazine rings is 1. The minimum absolute atomic E-state index is 0.0127. The highest BCUT2D eigenvalue weighted by Gasteiger charge is 2.25. The number of carbonyl (C=O) groups excluding carboxylic acids is 1. The zero-order valence-corrected chi connectivity index (χ0v) is 9.78. The summed E-state index contributed by atoms with van der Waals surface area (Å²) in [6.45, 7) is 0.906. The highest BCUT2D eigenvalue weighted by Crippen LogP contribution is 2.24. The lowest BCUT2D eigenvalue weighted by atomic mass is 10.1. The molecule has 0 spiro atoms. The molecule has 1 aromatic carbocycles. The van der Waals surface area contributed by atoms with Gasteiger partial charge in [0.25, 0.3) is 0 Å². The first-order valence-electron chi connectivity index (χ1n) is 5.41. The summed E-state index contributed by atoms with van der Waals surface area (Å²) in [5.74, 6) is -2.39. The topological polar surface area (TPSA) is 47.3 Å². The van der Waals surface area contributed by atoms with Gasteiger partial charge in [0, 0.05) is 20.1 Å². The summed E-state index contributed by atoms with van der Waals surface area (Å²) < 4.78 is 27.2. The second-order valence-corrected chi connectivity index (χ2v) is 4.11. The molecule has 1 amide bonds. The van der Waals surface area contributed by atoms with Gasteiger partial charge in [-0.1, -0.05) is 0 Å². The van der Waals surface area contributed by atoms with Gasteiger partial charge in [-0.3, -0.25) is 4.79 Å². The first-order chi connectivity index (χ1) is 8.54. The number of hydrogen-bond acceptors (Lipinski definition) is 3. The van der Waals surface area contributed by atoms with Crippen LogP contribution in [0.2, 0.25) is 0 Å². The van der Waals surface area contributed by atoms with Crippen molar-refractivity contribution in [2.75, 3.05) is 31.6 Å². The summed E-state index contributed by atoms with van der Waals surface area (Å²) in [6, 6.07) is 4.12. The molecule has 0 atom stereocenters. The average Bonchev–Trinajstić information content (AvgIpc) is 2.36. The Morgan fingerprint density at radius 2 is 2.00 bits per heavy atom. The van der Waals surface area contributed by atoms with E-state index in [2.05, 4.69) is 0 Å². The van der Waals surface area contributed by atoms with Crippen LogP contribution in [-0.2, 0) is 4.79 Å². The fourth-order valence-corrected chi connectivity index (χ4v) is 1.83. The second kappa shape index (κ2) is 4.61. The molecule has 18 heavy (non-hydrogen) atoms. The van der Waals surface area contributed by atoms with Crippen LogP contribution in [0.25, 0.3) is 0 Å². The van der Waals surface area contributed by atoms with Crippen LogP contribution in [0.1, 0.15) is 5.56 Å². The average molecular weight is 251 g/mol. The summed E-state index contributed by atoms with van der Waals surface area (Å²) >= 11 is 0. The van der Waals surface area contributed by atoms with E-state index in [-0.39, 0.29) is 23.7 Å². The van der Waals surface area contributed by atoms with E-state index in [1.54, 1.807) is 13.1 Å². The zero-order chi connectivity index (χ0) is 13.3. The Hall–Kier alpha value is -2.16. The molecule has 0 radical (unpaired) electrons. The van der Waals surface area contributed by atoms with E-state index in [0.29, 0.717) is 13.1 Å². The lowest BCUT2D eigenvalue weighted by Crippen LogP contribution is -2.48. The SMILES string of the molecule is CN1CCN(c2ccc(C#N)c(F)c2F)CC1=O. The number of likely N-dealkylation sites (N-methyl/N-ethyl adjacent to an activating group) is 1. The molecule has 1 aliphatic rings. The fraction of sp³-hybridized carbons (Fsp3) is 0.333. The first kappa shape index (κ1) is 12.3. The number of anilines is 1. The van der Waals surface area contributed by atoms with Gasteiger partial charge < -0.3 is 9.80 Å². The Balaban J connectivity index is 2.33. The van der Waals surface area contributed by atoms with E-state index >= 15 is 0 Å². The van der Waals surface area contributed by atoms with Crippen molar-refractivity contribution in [1.82, 2.24) is 4.90 Å². The number of benzene rings is 1. The Morgan fingerprint density at radius 3 is 2.61 bits per heavy atom. The van der Waals surface area contributed by atoms with E-state index in [9.17, 15) is 13.6 Å². The van der Waals surface area contributed by atoms with Gasteiger partial charge in [0.1, 0.15) is 6.07 Å². The summed E-state index contributed by atoms with van der Waals surface area (Å²) in [4.78, 5) is 14.5. The molecule has 94 valence electrons. The van der Waals surface area contributed by atoms with Crippen molar-refractivity contribution < 1.29 is 13.6 Å². The molecule has 0 saturated carbocycles. The predicted molar refractivity (Wildman–Crippen MR) is 60.9 cm³/mol.